The van der Waals surface area contributed by atoms with Gasteiger partial charge in [-0.05, 0) is 35.4 Å². The molecule has 11 nitrogen and oxygen atoms in total. The lowest BCUT2D eigenvalue weighted by molar-refractivity contribution is 0.0697. The second-order valence-electron chi connectivity index (χ2n) is 7.43. The Morgan fingerprint density at radius 1 is 0.800 bits per heavy atom. The number of hydrogen-bond donors (Lipinski definition) is 5. The maximum Gasteiger partial charge on any atom is 0.373 e. The van der Waals surface area contributed by atoms with E-state index in [0.29, 0.717) is 23.0 Å². The zero-order valence-electron chi connectivity index (χ0n) is 20.4. The molecule has 2 aromatic rings. The quantitative estimate of drug-likeness (QED) is 0.218. The van der Waals surface area contributed by atoms with Crippen LogP contribution in [0.15, 0.2) is 30.3 Å². The number of nitrogens with two attached hydrogens (primary N) is 1. The van der Waals surface area contributed by atoms with E-state index in [0.717, 1.165) is 17.8 Å². The van der Waals surface area contributed by atoms with Gasteiger partial charge < -0.3 is 49.4 Å². The van der Waals surface area contributed by atoms with Crippen LogP contribution in [-0.2, 0) is 4.57 Å². The maximum absolute atomic E-state index is 11.6. The fourth-order valence-corrected chi connectivity index (χ4v) is 3.10. The van der Waals surface area contributed by atoms with Crippen LogP contribution in [0.25, 0.3) is 12.2 Å². The number of methoxy groups -OCH3 is 4. The van der Waals surface area contributed by atoms with Crippen molar-refractivity contribution < 1.29 is 48.2 Å². The lowest BCUT2D eigenvalue weighted by Crippen LogP contribution is -2.50. The molecule has 0 radical (unpaired) electrons. The van der Waals surface area contributed by atoms with E-state index in [9.17, 15) is 9.46 Å². The second-order valence-corrected chi connectivity index (χ2v) is 9.22. The highest BCUT2D eigenvalue weighted by atomic mass is 31.2. The van der Waals surface area contributed by atoms with Gasteiger partial charge in [0.05, 0.1) is 53.8 Å². The van der Waals surface area contributed by atoms with Crippen LogP contribution in [-0.4, -0.2) is 80.7 Å². The van der Waals surface area contributed by atoms with E-state index in [-0.39, 0.29) is 5.75 Å². The van der Waals surface area contributed by atoms with E-state index < -0.39 is 33.0 Å². The fourth-order valence-electron chi connectivity index (χ4n) is 2.59. The first-order valence-corrected chi connectivity index (χ1v) is 12.3. The Morgan fingerprint density at radius 2 is 1.26 bits per heavy atom. The molecule has 0 aliphatic rings. The van der Waals surface area contributed by atoms with E-state index in [2.05, 4.69) is 0 Å². The van der Waals surface area contributed by atoms with Gasteiger partial charge in [-0.25, -0.2) is 4.57 Å². The summed E-state index contributed by atoms with van der Waals surface area (Å²) >= 11 is 0. The maximum atomic E-state index is 11.6. The third-order valence-corrected chi connectivity index (χ3v) is 5.09. The van der Waals surface area contributed by atoms with Crippen molar-refractivity contribution in [1.82, 2.24) is 0 Å². The van der Waals surface area contributed by atoms with Crippen molar-refractivity contribution in [3.8, 4) is 28.7 Å². The van der Waals surface area contributed by atoms with Crippen LogP contribution >= 0.6 is 7.60 Å². The van der Waals surface area contributed by atoms with E-state index >= 15 is 0 Å². The molecule has 1 atom stereocenters. The second kappa shape index (κ2) is 13.9. The van der Waals surface area contributed by atoms with Crippen molar-refractivity contribution in [2.45, 2.75) is 5.54 Å². The minimum absolute atomic E-state index is 0.192. The Kier molecular flexibility index (Phi) is 12.0. The molecule has 2 aromatic carbocycles. The topological polar surface area (TPSA) is 170 Å². The summed E-state index contributed by atoms with van der Waals surface area (Å²) in [5.41, 5.74) is 5.52. The predicted octanol–water partition coefficient (Wildman–Crippen LogP) is 1.75. The van der Waals surface area contributed by atoms with E-state index in [4.69, 9.17) is 44.5 Å². The summed E-state index contributed by atoms with van der Waals surface area (Å²) in [4.78, 5) is 9.47. The molecule has 0 aliphatic heterocycles. The molecule has 196 valence electrons. The number of benzene rings is 2. The minimum Gasteiger partial charge on any atom is -0.493 e. The van der Waals surface area contributed by atoms with Crippen LogP contribution in [0.1, 0.15) is 11.1 Å². The van der Waals surface area contributed by atoms with Gasteiger partial charge in [-0.15, -0.1) is 0 Å². The Morgan fingerprint density at radius 3 is 1.63 bits per heavy atom. The average molecular weight is 515 g/mol. The molecule has 0 aromatic heterocycles. The predicted molar refractivity (Wildman–Crippen MR) is 133 cm³/mol. The number of ether oxygens (including phenoxy) is 4. The summed E-state index contributed by atoms with van der Waals surface area (Å²) in [6, 6.07) is 8.72. The molecular weight excluding hydrogens is 481 g/mol. The summed E-state index contributed by atoms with van der Waals surface area (Å²) in [6.45, 7) is -0.0924. The molecule has 0 amide bonds. The third-order valence-electron chi connectivity index (χ3n) is 4.56. The monoisotopic (exact) mass is 515 g/mol. The summed E-state index contributed by atoms with van der Waals surface area (Å²) in [5, 5.41) is 25.0. The largest absolute Gasteiger partial charge is 0.493 e. The van der Waals surface area contributed by atoms with Crippen molar-refractivity contribution >= 4 is 19.7 Å². The Bertz CT molecular complexity index is 984. The van der Waals surface area contributed by atoms with E-state index in [1.54, 1.807) is 39.5 Å². The van der Waals surface area contributed by atoms with Crippen LogP contribution in [0.2, 0.25) is 0 Å². The molecule has 0 saturated heterocycles. The first-order valence-electron chi connectivity index (χ1n) is 10.3. The Hall–Kier alpha value is -2.79. The van der Waals surface area contributed by atoms with Crippen LogP contribution < -0.4 is 29.2 Å². The molecule has 0 spiro atoms. The number of aliphatic hydroxyl groups excluding tert-OH is 3. The highest BCUT2D eigenvalue weighted by Gasteiger charge is 2.20. The van der Waals surface area contributed by atoms with E-state index in [1.165, 1.54) is 7.11 Å². The molecule has 0 fully saturated rings. The van der Waals surface area contributed by atoms with Gasteiger partial charge in [-0.1, -0.05) is 18.2 Å². The molecule has 1 unspecified atom stereocenters. The number of aliphatic hydroxyl groups is 3. The first-order chi connectivity index (χ1) is 16.5. The zero-order chi connectivity index (χ0) is 26.6. The van der Waals surface area contributed by atoms with Crippen molar-refractivity contribution in [2.24, 2.45) is 5.73 Å². The molecule has 0 aliphatic carbocycles. The summed E-state index contributed by atoms with van der Waals surface area (Å²) in [5.74, 6) is 2.16. The van der Waals surface area contributed by atoms with Gasteiger partial charge in [0.25, 0.3) is 0 Å². The van der Waals surface area contributed by atoms with Gasteiger partial charge in [0.15, 0.2) is 23.0 Å². The van der Waals surface area contributed by atoms with Gasteiger partial charge in [-0.2, -0.15) is 0 Å². The summed E-state index contributed by atoms with van der Waals surface area (Å²) in [7, 11) is 2.40. The standard InChI is InChI=1S/C19H23O7P.C4H11NO3/c1-22-15-9-8-13(10-16(15)26-27(5,20)21)6-7-14-11-17(23-2)19(25-4)18(12-14)24-3;5-4(1-6,2-7)3-8/h6-12H,1-5H3,(H,20,21);6-8H,1-3,5H2/b7-6-;. The van der Waals surface area contributed by atoms with Gasteiger partial charge in [-0.3, -0.25) is 0 Å². The molecule has 0 saturated carbocycles. The summed E-state index contributed by atoms with van der Waals surface area (Å²) in [6.07, 6.45) is 3.67. The normalized spacial score (nSPS) is 12.9. The van der Waals surface area contributed by atoms with Crippen molar-refractivity contribution in [1.29, 1.82) is 0 Å². The van der Waals surface area contributed by atoms with Crippen LogP contribution in [0.4, 0.5) is 0 Å². The molecule has 0 heterocycles. The van der Waals surface area contributed by atoms with Gasteiger partial charge in [0.2, 0.25) is 5.75 Å². The molecule has 35 heavy (non-hydrogen) atoms. The van der Waals surface area contributed by atoms with Gasteiger partial charge in [0, 0.05) is 6.66 Å². The molecule has 6 N–H and O–H groups in total. The number of hydrogen-bond acceptors (Lipinski definition) is 10. The fraction of sp³-hybridized carbons (Fsp3) is 0.391. The van der Waals surface area contributed by atoms with Gasteiger partial charge >= 0.3 is 7.60 Å². The Balaban J connectivity index is 0.000000658. The zero-order valence-corrected chi connectivity index (χ0v) is 21.3. The van der Waals surface area contributed by atoms with Crippen molar-refractivity contribution in [3.05, 3.63) is 41.5 Å². The highest BCUT2D eigenvalue weighted by molar-refractivity contribution is 7.52. The first kappa shape index (κ1) is 30.2. The van der Waals surface area contributed by atoms with Crippen LogP contribution in [0.3, 0.4) is 0 Å². The molecule has 2 rings (SSSR count). The van der Waals surface area contributed by atoms with Crippen LogP contribution in [0.5, 0.6) is 28.7 Å². The molecule has 12 heteroatoms. The minimum atomic E-state index is -3.71. The number of rotatable bonds is 11. The lowest BCUT2D eigenvalue weighted by Gasteiger charge is -2.20. The van der Waals surface area contributed by atoms with Crippen LogP contribution in [0, 0.1) is 0 Å². The van der Waals surface area contributed by atoms with Gasteiger partial charge in [0.1, 0.15) is 0 Å². The third kappa shape index (κ3) is 9.41. The van der Waals surface area contributed by atoms with Crippen molar-refractivity contribution in [2.75, 3.05) is 54.9 Å². The molecular formula is C23H34NO10P. The highest BCUT2D eigenvalue weighted by Crippen LogP contribution is 2.43. The molecule has 0 bridgehead atoms. The SMILES string of the molecule is COc1ccc(/C=C\c2cc(OC)c(OC)c(OC)c2)cc1OP(C)(=O)O.NC(CO)(CO)CO. The smallest absolute Gasteiger partial charge is 0.373 e. The Labute approximate surface area is 204 Å². The van der Waals surface area contributed by atoms with Crippen molar-refractivity contribution in [3.63, 3.8) is 0 Å². The average Bonchev–Trinajstić information content (AvgIpc) is 2.85. The van der Waals surface area contributed by atoms with E-state index in [1.807, 2.05) is 24.3 Å². The lowest BCUT2D eigenvalue weighted by atomic mass is 10.1. The summed E-state index contributed by atoms with van der Waals surface area (Å²) < 4.78 is 37.8.